The van der Waals surface area contributed by atoms with Crippen molar-refractivity contribution in [3.63, 3.8) is 0 Å². The van der Waals surface area contributed by atoms with E-state index in [9.17, 15) is 10.2 Å². The standard InChI is InChI=1S/C15H22N2O2/c1-10-5-3-4-6-14(10)17-8-13-12(9-18)7-16-11(2)15(13)19/h7-8,10,14,18-19H,3-6,9H2,1-2H3/t10-,14+/m0/s1. The summed E-state index contributed by atoms with van der Waals surface area (Å²) in [5.41, 5.74) is 1.79. The summed E-state index contributed by atoms with van der Waals surface area (Å²) >= 11 is 0. The number of aliphatic hydroxyl groups is 1. The van der Waals surface area contributed by atoms with Gasteiger partial charge in [0.1, 0.15) is 5.75 Å². The highest BCUT2D eigenvalue weighted by Gasteiger charge is 2.20. The summed E-state index contributed by atoms with van der Waals surface area (Å²) in [6.07, 6.45) is 8.14. The van der Waals surface area contributed by atoms with Crippen molar-refractivity contribution in [3.05, 3.63) is 23.0 Å². The molecule has 0 amide bonds. The zero-order chi connectivity index (χ0) is 13.8. The summed E-state index contributed by atoms with van der Waals surface area (Å²) in [6, 6.07) is 0.327. The highest BCUT2D eigenvalue weighted by Crippen LogP contribution is 2.27. The van der Waals surface area contributed by atoms with Crippen molar-refractivity contribution in [2.24, 2.45) is 10.9 Å². The maximum absolute atomic E-state index is 10.0. The summed E-state index contributed by atoms with van der Waals surface area (Å²) in [6.45, 7) is 3.84. The maximum atomic E-state index is 10.0. The van der Waals surface area contributed by atoms with Gasteiger partial charge < -0.3 is 10.2 Å². The third-order valence-corrected chi connectivity index (χ3v) is 3.99. The molecule has 1 aromatic rings. The smallest absolute Gasteiger partial charge is 0.145 e. The molecule has 0 bridgehead atoms. The van der Waals surface area contributed by atoms with Crippen molar-refractivity contribution < 1.29 is 10.2 Å². The molecule has 1 aromatic heterocycles. The van der Waals surface area contributed by atoms with Crippen LogP contribution in [0.1, 0.15) is 49.4 Å². The quantitative estimate of drug-likeness (QED) is 0.823. The molecule has 0 radical (unpaired) electrons. The summed E-state index contributed by atoms with van der Waals surface area (Å²) in [5.74, 6) is 0.714. The van der Waals surface area contributed by atoms with E-state index >= 15 is 0 Å². The Hall–Kier alpha value is -1.42. The van der Waals surface area contributed by atoms with E-state index in [-0.39, 0.29) is 12.4 Å². The molecule has 1 aliphatic carbocycles. The second-order valence-electron chi connectivity index (χ2n) is 5.40. The minimum absolute atomic E-state index is 0.124. The minimum Gasteiger partial charge on any atom is -0.505 e. The molecule has 4 nitrogen and oxygen atoms in total. The van der Waals surface area contributed by atoms with Gasteiger partial charge in [-0.3, -0.25) is 9.98 Å². The van der Waals surface area contributed by atoms with Gasteiger partial charge in [-0.05, 0) is 25.7 Å². The summed E-state index contributed by atoms with van der Waals surface area (Å²) in [5, 5.41) is 19.3. The number of rotatable bonds is 3. The lowest BCUT2D eigenvalue weighted by Crippen LogP contribution is -2.20. The molecule has 104 valence electrons. The Morgan fingerprint density at radius 3 is 2.84 bits per heavy atom. The Morgan fingerprint density at radius 1 is 1.42 bits per heavy atom. The topological polar surface area (TPSA) is 65.7 Å². The van der Waals surface area contributed by atoms with Crippen LogP contribution < -0.4 is 0 Å². The molecule has 19 heavy (non-hydrogen) atoms. The summed E-state index contributed by atoms with van der Waals surface area (Å²) in [4.78, 5) is 8.67. The molecule has 2 atom stereocenters. The SMILES string of the molecule is Cc1ncc(CO)c(C=N[C@@H]2CCCC[C@@H]2C)c1O. The van der Waals surface area contributed by atoms with E-state index in [2.05, 4.69) is 16.9 Å². The van der Waals surface area contributed by atoms with Crippen LogP contribution in [-0.2, 0) is 6.61 Å². The van der Waals surface area contributed by atoms with Crippen LogP contribution in [0, 0.1) is 12.8 Å². The first-order valence-electron chi connectivity index (χ1n) is 6.95. The lowest BCUT2D eigenvalue weighted by molar-refractivity contribution is 0.280. The van der Waals surface area contributed by atoms with Gasteiger partial charge in [-0.15, -0.1) is 0 Å². The zero-order valence-corrected chi connectivity index (χ0v) is 11.6. The average Bonchev–Trinajstić information content (AvgIpc) is 2.42. The van der Waals surface area contributed by atoms with Gasteiger partial charge >= 0.3 is 0 Å². The number of hydrogen-bond acceptors (Lipinski definition) is 4. The van der Waals surface area contributed by atoms with E-state index in [1.165, 1.54) is 19.3 Å². The highest BCUT2D eigenvalue weighted by atomic mass is 16.3. The van der Waals surface area contributed by atoms with Gasteiger partial charge in [-0.1, -0.05) is 19.8 Å². The number of aromatic nitrogens is 1. The van der Waals surface area contributed by atoms with Crippen molar-refractivity contribution in [2.45, 2.75) is 52.2 Å². The number of aromatic hydroxyl groups is 1. The number of nitrogens with zero attached hydrogens (tertiary/aromatic N) is 2. The van der Waals surface area contributed by atoms with Crippen LogP contribution in [0.2, 0.25) is 0 Å². The summed E-state index contributed by atoms with van der Waals surface area (Å²) < 4.78 is 0. The Labute approximate surface area is 114 Å². The fourth-order valence-electron chi connectivity index (χ4n) is 2.61. The molecule has 0 aromatic carbocycles. The molecular weight excluding hydrogens is 240 g/mol. The fourth-order valence-corrected chi connectivity index (χ4v) is 2.61. The lowest BCUT2D eigenvalue weighted by Gasteiger charge is -2.25. The molecule has 1 fully saturated rings. The van der Waals surface area contributed by atoms with Crippen molar-refractivity contribution in [3.8, 4) is 5.75 Å². The molecule has 2 rings (SSSR count). The predicted octanol–water partition coefficient (Wildman–Crippen LogP) is 2.59. The van der Waals surface area contributed by atoms with Crippen LogP contribution in [0.4, 0.5) is 0 Å². The van der Waals surface area contributed by atoms with Crippen LogP contribution in [0.25, 0.3) is 0 Å². The van der Waals surface area contributed by atoms with Gasteiger partial charge in [-0.25, -0.2) is 0 Å². The Balaban J connectivity index is 2.24. The largest absolute Gasteiger partial charge is 0.505 e. The molecule has 2 N–H and O–H groups in total. The van der Waals surface area contributed by atoms with Gasteiger partial charge in [0.05, 0.1) is 18.3 Å². The lowest BCUT2D eigenvalue weighted by atomic mass is 9.86. The fraction of sp³-hybridized carbons (Fsp3) is 0.600. The first-order chi connectivity index (χ1) is 9.13. The van der Waals surface area contributed by atoms with E-state index < -0.39 is 0 Å². The maximum Gasteiger partial charge on any atom is 0.145 e. The van der Waals surface area contributed by atoms with E-state index in [1.807, 2.05) is 0 Å². The second-order valence-corrected chi connectivity index (χ2v) is 5.40. The van der Waals surface area contributed by atoms with E-state index in [4.69, 9.17) is 0 Å². The number of hydrogen-bond donors (Lipinski definition) is 2. The molecule has 1 heterocycles. The van der Waals surface area contributed by atoms with Gasteiger partial charge in [0.15, 0.2) is 0 Å². The van der Waals surface area contributed by atoms with Crippen LogP contribution in [0.5, 0.6) is 5.75 Å². The molecule has 1 aliphatic rings. The van der Waals surface area contributed by atoms with Crippen LogP contribution in [0.3, 0.4) is 0 Å². The van der Waals surface area contributed by atoms with Crippen molar-refractivity contribution >= 4 is 6.21 Å². The van der Waals surface area contributed by atoms with Gasteiger partial charge in [0.2, 0.25) is 0 Å². The predicted molar refractivity (Wildman–Crippen MR) is 75.6 cm³/mol. The third kappa shape index (κ3) is 3.13. The van der Waals surface area contributed by atoms with Crippen molar-refractivity contribution in [1.29, 1.82) is 0 Å². The van der Waals surface area contributed by atoms with Crippen LogP contribution >= 0.6 is 0 Å². The minimum atomic E-state index is -0.136. The van der Waals surface area contributed by atoms with Crippen molar-refractivity contribution in [1.82, 2.24) is 4.98 Å². The van der Waals surface area contributed by atoms with Crippen LogP contribution in [0.15, 0.2) is 11.2 Å². The number of aryl methyl sites for hydroxylation is 1. The number of aliphatic hydroxyl groups excluding tert-OH is 1. The Morgan fingerprint density at radius 2 is 2.16 bits per heavy atom. The molecule has 0 spiro atoms. The van der Waals surface area contributed by atoms with E-state index in [1.54, 1.807) is 19.3 Å². The number of pyridine rings is 1. The summed E-state index contributed by atoms with van der Waals surface area (Å²) in [7, 11) is 0. The molecule has 0 aliphatic heterocycles. The molecule has 1 saturated carbocycles. The normalized spacial score (nSPS) is 23.9. The van der Waals surface area contributed by atoms with Crippen molar-refractivity contribution in [2.75, 3.05) is 0 Å². The van der Waals surface area contributed by atoms with Gasteiger partial charge in [0, 0.05) is 23.5 Å². The highest BCUT2D eigenvalue weighted by molar-refractivity contribution is 5.85. The molecule has 0 unspecified atom stereocenters. The zero-order valence-electron chi connectivity index (χ0n) is 11.6. The van der Waals surface area contributed by atoms with E-state index in [0.717, 1.165) is 6.42 Å². The molecule has 4 heteroatoms. The van der Waals surface area contributed by atoms with Gasteiger partial charge in [0.25, 0.3) is 0 Å². The molecule has 0 saturated heterocycles. The Bertz CT molecular complexity index is 471. The first-order valence-corrected chi connectivity index (χ1v) is 6.95. The van der Waals surface area contributed by atoms with Gasteiger partial charge in [-0.2, -0.15) is 0 Å². The average molecular weight is 262 g/mol. The molecular formula is C15H22N2O2. The number of aliphatic imine (C=N–C) groups is 1. The second kappa shape index (κ2) is 6.15. The third-order valence-electron chi connectivity index (χ3n) is 3.99. The Kier molecular flexibility index (Phi) is 4.53. The van der Waals surface area contributed by atoms with Crippen LogP contribution in [-0.4, -0.2) is 27.5 Å². The first kappa shape index (κ1) is 14.0. The monoisotopic (exact) mass is 262 g/mol. The van der Waals surface area contributed by atoms with E-state index in [0.29, 0.717) is 28.8 Å².